The summed E-state index contributed by atoms with van der Waals surface area (Å²) in [5.74, 6) is 0. The summed E-state index contributed by atoms with van der Waals surface area (Å²) in [5, 5.41) is 0. The maximum Gasteiger partial charge on any atom is 0.184 e. The van der Waals surface area contributed by atoms with E-state index in [1.807, 2.05) is 0 Å². The van der Waals surface area contributed by atoms with Crippen LogP contribution in [0, 0.1) is 0 Å². The molecule has 19 heavy (non-hydrogen) atoms. The largest absolute Gasteiger partial charge is 0.411 e. The fraction of sp³-hybridized carbons (Fsp3) is 0.600. The molecular formula is C15H26O2Si2. The van der Waals surface area contributed by atoms with E-state index < -0.39 is 16.6 Å². The van der Waals surface area contributed by atoms with Crippen LogP contribution in [0.4, 0.5) is 0 Å². The highest BCUT2D eigenvalue weighted by atomic mass is 28.4. The van der Waals surface area contributed by atoms with Gasteiger partial charge >= 0.3 is 0 Å². The first-order valence-corrected chi connectivity index (χ1v) is 13.9. The average molecular weight is 295 g/mol. The molecule has 0 spiro atoms. The molecular weight excluding hydrogens is 268 g/mol. The van der Waals surface area contributed by atoms with E-state index in [0.717, 1.165) is 6.42 Å². The predicted molar refractivity (Wildman–Crippen MR) is 85.4 cm³/mol. The van der Waals surface area contributed by atoms with Gasteiger partial charge in [-0.1, -0.05) is 24.3 Å². The summed E-state index contributed by atoms with van der Waals surface area (Å²) in [5.41, 5.74) is 2.68. The molecule has 4 heteroatoms. The lowest BCUT2D eigenvalue weighted by Gasteiger charge is -2.26. The van der Waals surface area contributed by atoms with Crippen LogP contribution >= 0.6 is 0 Å². The van der Waals surface area contributed by atoms with Crippen LogP contribution in [0.5, 0.6) is 0 Å². The third-order valence-electron chi connectivity index (χ3n) is 3.11. The van der Waals surface area contributed by atoms with E-state index in [2.05, 4.69) is 63.5 Å². The van der Waals surface area contributed by atoms with Crippen molar-refractivity contribution in [1.82, 2.24) is 0 Å². The second-order valence-corrected chi connectivity index (χ2v) is 16.2. The first-order valence-electron chi connectivity index (χ1n) is 7.10. The van der Waals surface area contributed by atoms with Gasteiger partial charge in [-0.25, -0.2) is 0 Å². The van der Waals surface area contributed by atoms with Crippen LogP contribution in [0.2, 0.25) is 39.3 Å². The molecule has 0 amide bonds. The number of hydrogen-bond acceptors (Lipinski definition) is 2. The summed E-state index contributed by atoms with van der Waals surface area (Å²) in [6.07, 6.45) is 1.43. The molecule has 0 aromatic heterocycles. The fourth-order valence-electron chi connectivity index (χ4n) is 2.62. The Labute approximate surface area is 119 Å². The lowest BCUT2D eigenvalue weighted by Crippen LogP contribution is -2.29. The smallest absolute Gasteiger partial charge is 0.184 e. The highest BCUT2D eigenvalue weighted by Gasteiger charge is 2.36. The van der Waals surface area contributed by atoms with Crippen LogP contribution < -0.4 is 0 Å². The molecule has 0 radical (unpaired) electrons. The minimum atomic E-state index is -1.52. The van der Waals surface area contributed by atoms with E-state index in [9.17, 15) is 0 Å². The second kappa shape index (κ2) is 5.16. The Morgan fingerprint density at radius 3 is 1.47 bits per heavy atom. The van der Waals surface area contributed by atoms with Gasteiger partial charge in [0.05, 0.1) is 12.2 Å². The number of rotatable bonds is 4. The molecule has 1 aliphatic carbocycles. The normalized spacial score (nSPS) is 23.5. The molecule has 1 aliphatic rings. The van der Waals surface area contributed by atoms with Gasteiger partial charge in [-0.05, 0) is 50.4 Å². The zero-order valence-electron chi connectivity index (χ0n) is 13.0. The van der Waals surface area contributed by atoms with Gasteiger partial charge < -0.3 is 8.85 Å². The van der Waals surface area contributed by atoms with Gasteiger partial charge in [0.25, 0.3) is 0 Å². The molecule has 0 fully saturated rings. The first-order chi connectivity index (χ1) is 8.66. The Bertz CT molecular complexity index is 405. The lowest BCUT2D eigenvalue weighted by atomic mass is 10.1. The highest BCUT2D eigenvalue weighted by molar-refractivity contribution is 6.70. The molecule has 106 valence electrons. The average Bonchev–Trinajstić information content (AvgIpc) is 2.53. The topological polar surface area (TPSA) is 18.5 Å². The van der Waals surface area contributed by atoms with E-state index in [0.29, 0.717) is 0 Å². The zero-order chi connectivity index (χ0) is 14.3. The summed E-state index contributed by atoms with van der Waals surface area (Å²) in [7, 11) is -3.05. The first kappa shape index (κ1) is 15.0. The van der Waals surface area contributed by atoms with Crippen molar-refractivity contribution in [1.29, 1.82) is 0 Å². The van der Waals surface area contributed by atoms with Crippen LogP contribution in [-0.2, 0) is 8.85 Å². The summed E-state index contributed by atoms with van der Waals surface area (Å²) in [4.78, 5) is 0. The molecule has 2 atom stereocenters. The van der Waals surface area contributed by atoms with Crippen LogP contribution in [0.15, 0.2) is 24.3 Å². The Morgan fingerprint density at radius 1 is 0.789 bits per heavy atom. The van der Waals surface area contributed by atoms with Gasteiger partial charge in [-0.15, -0.1) is 0 Å². The third-order valence-corrected chi connectivity index (χ3v) is 5.09. The Morgan fingerprint density at radius 2 is 1.16 bits per heavy atom. The molecule has 0 saturated heterocycles. The van der Waals surface area contributed by atoms with Gasteiger partial charge in [-0.2, -0.15) is 0 Å². The van der Waals surface area contributed by atoms with Gasteiger partial charge in [0.1, 0.15) is 0 Å². The van der Waals surface area contributed by atoms with Crippen LogP contribution in [0.25, 0.3) is 0 Å². The quantitative estimate of drug-likeness (QED) is 0.737. The van der Waals surface area contributed by atoms with Crippen molar-refractivity contribution in [3.8, 4) is 0 Å². The Hall–Kier alpha value is -0.426. The van der Waals surface area contributed by atoms with E-state index in [1.54, 1.807) is 0 Å². The minimum Gasteiger partial charge on any atom is -0.411 e. The van der Waals surface area contributed by atoms with E-state index in [4.69, 9.17) is 8.85 Å². The summed E-state index contributed by atoms with van der Waals surface area (Å²) in [6, 6.07) is 8.62. The SMILES string of the molecule is C[Si](C)(C)O[C@H]1C[C@@H](O[Si](C)(C)C)c2ccccc21. The van der Waals surface area contributed by atoms with Gasteiger partial charge in [-0.3, -0.25) is 0 Å². The number of hydrogen-bond donors (Lipinski definition) is 0. The van der Waals surface area contributed by atoms with Crippen LogP contribution in [0.1, 0.15) is 29.8 Å². The van der Waals surface area contributed by atoms with E-state index >= 15 is 0 Å². The van der Waals surface area contributed by atoms with Gasteiger partial charge in [0, 0.05) is 6.42 Å². The molecule has 2 nitrogen and oxygen atoms in total. The van der Waals surface area contributed by atoms with Crippen molar-refractivity contribution < 1.29 is 8.85 Å². The van der Waals surface area contributed by atoms with Crippen molar-refractivity contribution in [3.63, 3.8) is 0 Å². The highest BCUT2D eigenvalue weighted by Crippen LogP contribution is 2.45. The predicted octanol–water partition coefficient (Wildman–Crippen LogP) is 4.88. The number of benzene rings is 1. The van der Waals surface area contributed by atoms with E-state index in [1.165, 1.54) is 11.1 Å². The van der Waals surface area contributed by atoms with Crippen molar-refractivity contribution in [2.24, 2.45) is 0 Å². The molecule has 0 bridgehead atoms. The van der Waals surface area contributed by atoms with Gasteiger partial charge in [0.2, 0.25) is 0 Å². The summed E-state index contributed by atoms with van der Waals surface area (Å²) in [6.45, 7) is 13.5. The van der Waals surface area contributed by atoms with E-state index in [-0.39, 0.29) is 12.2 Å². The molecule has 0 N–H and O–H groups in total. The molecule has 2 rings (SSSR count). The lowest BCUT2D eigenvalue weighted by molar-refractivity contribution is 0.128. The van der Waals surface area contributed by atoms with Crippen molar-refractivity contribution >= 4 is 16.6 Å². The molecule has 0 unspecified atom stereocenters. The summed E-state index contributed by atoms with van der Waals surface area (Å²) < 4.78 is 12.7. The Kier molecular flexibility index (Phi) is 4.07. The molecule has 0 saturated carbocycles. The van der Waals surface area contributed by atoms with Gasteiger partial charge in [0.15, 0.2) is 16.6 Å². The maximum atomic E-state index is 6.34. The van der Waals surface area contributed by atoms with Crippen molar-refractivity contribution in [3.05, 3.63) is 35.4 Å². The van der Waals surface area contributed by atoms with Crippen LogP contribution in [-0.4, -0.2) is 16.6 Å². The molecule has 0 heterocycles. The number of fused-ring (bicyclic) bond motifs is 1. The van der Waals surface area contributed by atoms with Crippen LogP contribution in [0.3, 0.4) is 0 Å². The molecule has 0 aliphatic heterocycles. The van der Waals surface area contributed by atoms with Crippen molar-refractivity contribution in [2.75, 3.05) is 0 Å². The van der Waals surface area contributed by atoms with Crippen molar-refractivity contribution in [2.45, 2.75) is 57.9 Å². The maximum absolute atomic E-state index is 6.34. The minimum absolute atomic E-state index is 0.226. The molecule has 1 aromatic carbocycles. The monoisotopic (exact) mass is 294 g/mol. The summed E-state index contributed by atoms with van der Waals surface area (Å²) >= 11 is 0. The zero-order valence-corrected chi connectivity index (χ0v) is 15.0. The standard InChI is InChI=1S/C15H26O2Si2/c1-18(2,3)16-14-11-15(17-19(4,5)6)13-10-8-7-9-12(13)14/h7-10,14-15H,11H2,1-6H3/t14-,15+. The fourth-order valence-corrected chi connectivity index (χ4v) is 4.78. The Balaban J connectivity index is 2.23. The second-order valence-electron chi connectivity index (χ2n) is 7.30. The third kappa shape index (κ3) is 4.02. The molecule has 1 aromatic rings.